The molecule has 0 aliphatic heterocycles. The summed E-state index contributed by atoms with van der Waals surface area (Å²) in [4.78, 5) is 7.98. The molecule has 0 aliphatic carbocycles. The summed E-state index contributed by atoms with van der Waals surface area (Å²) < 4.78 is 173. The van der Waals surface area contributed by atoms with Crippen LogP contribution in [0.25, 0.3) is 21.5 Å². The zero-order valence-electron chi connectivity index (χ0n) is 33.1. The van der Waals surface area contributed by atoms with Gasteiger partial charge < -0.3 is 34.0 Å². The smallest absolute Gasteiger partial charge is 0.744 e. The average Bonchev–Trinajstić information content (AvgIpc) is 3.12. The number of sulfone groups is 1. The Bertz CT molecular complexity index is 3380. The number of aromatic nitrogens is 3. The second-order valence-corrected chi connectivity index (χ2v) is 19.4. The molecule has 0 spiro atoms. The van der Waals surface area contributed by atoms with Crippen LogP contribution in [-0.4, -0.2) is 92.7 Å². The van der Waals surface area contributed by atoms with Crippen molar-refractivity contribution in [3.63, 3.8) is 0 Å². The SMILES string of the molecule is O=S(=O)([O-])OCCS(=O)(=O)c1ccccc1Nc1nc(Cl)nc(Nc2cc(S(=O)(=O)[O-])cc3cc(S(=O)(=O)[O-])c(N=Nc4ccc5ccccc5c4S(=O)(=O)[O-])c(O)c23)n1.[Na+].[Na+].[Na+].[Na+]. The van der Waals surface area contributed by atoms with Gasteiger partial charge in [0.1, 0.15) is 41.7 Å². The molecule has 33 heteroatoms. The number of benzene rings is 5. The minimum Gasteiger partial charge on any atom is -0.744 e. The number of rotatable bonds is 14. The van der Waals surface area contributed by atoms with Gasteiger partial charge in [0.15, 0.2) is 15.6 Å². The zero-order valence-corrected chi connectivity index (χ0v) is 46.0. The van der Waals surface area contributed by atoms with Gasteiger partial charge in [0.05, 0.1) is 43.3 Å². The van der Waals surface area contributed by atoms with E-state index in [2.05, 4.69) is 40.0 Å². The maximum absolute atomic E-state index is 13.0. The van der Waals surface area contributed by atoms with Gasteiger partial charge in [0.25, 0.3) is 0 Å². The third-order valence-electron chi connectivity index (χ3n) is 7.95. The van der Waals surface area contributed by atoms with Crippen LogP contribution in [-0.2, 0) is 54.8 Å². The topological polar surface area (TPSA) is 380 Å². The van der Waals surface area contributed by atoms with Crippen molar-refractivity contribution in [3.8, 4) is 5.75 Å². The monoisotopic (exact) mass is 1030 g/mol. The molecule has 64 heavy (non-hydrogen) atoms. The Morgan fingerprint density at radius 1 is 0.641 bits per heavy atom. The second kappa shape index (κ2) is 22.7. The van der Waals surface area contributed by atoms with E-state index in [0.29, 0.717) is 18.2 Å². The number of phenols is 1. The molecule has 0 amide bonds. The maximum Gasteiger partial charge on any atom is 1.00 e. The van der Waals surface area contributed by atoms with E-state index in [1.54, 1.807) is 6.07 Å². The van der Waals surface area contributed by atoms with Crippen LogP contribution in [0, 0.1) is 0 Å². The number of halogens is 1. The first-order chi connectivity index (χ1) is 27.8. The van der Waals surface area contributed by atoms with Crippen molar-refractivity contribution in [1.82, 2.24) is 15.0 Å². The number of hydrogen-bond acceptors (Lipinski definition) is 23. The van der Waals surface area contributed by atoms with Crippen LogP contribution in [0.2, 0.25) is 5.28 Å². The van der Waals surface area contributed by atoms with E-state index in [9.17, 15) is 65.4 Å². The predicted octanol–water partition coefficient (Wildman–Crippen LogP) is -8.58. The summed E-state index contributed by atoms with van der Waals surface area (Å²) in [7, 11) is -25.9. The Hall–Kier alpha value is -1.53. The Kier molecular flexibility index (Phi) is 20.8. The molecule has 1 heterocycles. The molecular formula is C31H20ClN7Na4O16S5. The molecule has 6 aromatic rings. The summed E-state index contributed by atoms with van der Waals surface area (Å²) in [6.45, 7) is -1.02. The van der Waals surface area contributed by atoms with Gasteiger partial charge in [0.2, 0.25) is 27.6 Å². The van der Waals surface area contributed by atoms with E-state index in [1.807, 2.05) is 0 Å². The normalized spacial score (nSPS) is 12.1. The largest absolute Gasteiger partial charge is 1.00 e. The van der Waals surface area contributed by atoms with Crippen LogP contribution in [0.3, 0.4) is 0 Å². The fraction of sp³-hybridized carbons (Fsp3) is 0.0645. The van der Waals surface area contributed by atoms with E-state index in [1.165, 1.54) is 42.5 Å². The number of anilines is 4. The first kappa shape index (κ1) is 58.6. The molecule has 0 saturated heterocycles. The van der Waals surface area contributed by atoms with Crippen molar-refractivity contribution >= 4 is 118 Å². The quantitative estimate of drug-likeness (QED) is 0.0395. The summed E-state index contributed by atoms with van der Waals surface area (Å²) in [5, 5.41) is 22.3. The van der Waals surface area contributed by atoms with Crippen LogP contribution in [0.5, 0.6) is 5.75 Å². The van der Waals surface area contributed by atoms with Gasteiger partial charge >= 0.3 is 118 Å². The molecule has 5 aromatic carbocycles. The van der Waals surface area contributed by atoms with E-state index in [4.69, 9.17) is 11.6 Å². The number of aromatic hydroxyl groups is 1. The fourth-order valence-electron chi connectivity index (χ4n) is 5.57. The molecular weight excluding hydrogens is 1010 g/mol. The number of fused-ring (bicyclic) bond motifs is 2. The molecule has 0 saturated carbocycles. The minimum absolute atomic E-state index is 0. The van der Waals surface area contributed by atoms with Crippen LogP contribution in [0.4, 0.5) is 34.6 Å². The number of azo groups is 1. The predicted molar refractivity (Wildman–Crippen MR) is 203 cm³/mol. The van der Waals surface area contributed by atoms with Gasteiger partial charge in [-0.2, -0.15) is 15.0 Å². The van der Waals surface area contributed by atoms with Gasteiger partial charge in [-0.3, -0.25) is 4.18 Å². The Balaban J connectivity index is 0.00000352. The molecule has 0 radical (unpaired) electrons. The van der Waals surface area contributed by atoms with Crippen molar-refractivity contribution in [2.24, 2.45) is 10.2 Å². The molecule has 0 bridgehead atoms. The number of nitrogens with one attached hydrogen (secondary N) is 2. The fourth-order valence-corrected chi connectivity index (χ4v) is 9.38. The first-order valence-corrected chi connectivity index (χ1v) is 23.4. The van der Waals surface area contributed by atoms with Crippen LogP contribution < -0.4 is 129 Å². The van der Waals surface area contributed by atoms with Gasteiger partial charge in [-0.15, -0.1) is 10.2 Å². The first-order valence-electron chi connectivity index (χ1n) is 15.8. The van der Waals surface area contributed by atoms with Crippen LogP contribution in [0.15, 0.2) is 109 Å². The summed E-state index contributed by atoms with van der Waals surface area (Å²) in [6.07, 6.45) is 0. The molecule has 0 fully saturated rings. The van der Waals surface area contributed by atoms with Gasteiger partial charge in [-0.25, -0.2) is 42.1 Å². The van der Waals surface area contributed by atoms with Crippen LogP contribution >= 0.6 is 11.6 Å². The van der Waals surface area contributed by atoms with Gasteiger partial charge in [-0.1, -0.05) is 42.5 Å². The molecule has 1 aromatic heterocycles. The maximum atomic E-state index is 13.0. The standard InChI is InChI=1S/C31H24ClN7O16S5.4Na/c32-29-35-30(33-20-7-3-4-8-23(20)56(41,42)12-11-55-60(52,53)54)37-31(36-29)34-22-15-18(57(43,44)45)13-17-14-24(58(46,47)48)26(27(40)25(17)22)39-38-21-10-9-16-5-1-2-6-19(16)28(21)59(49,50)51;;;;/h1-10,13-15,40H,11-12H2,(H,43,44,45)(H,46,47,48)(H,49,50,51)(H,52,53,54)(H2,33,34,35,36,37);;;;/q;4*+1/p-4. The van der Waals surface area contributed by atoms with E-state index < -0.39 is 133 Å². The molecule has 3 N–H and O–H groups in total. The average molecular weight is 1030 g/mol. The Labute approximate surface area is 457 Å². The van der Waals surface area contributed by atoms with Crippen molar-refractivity contribution < 1.29 is 188 Å². The Morgan fingerprint density at radius 3 is 1.83 bits per heavy atom. The summed E-state index contributed by atoms with van der Waals surface area (Å²) >= 11 is 6.10. The second-order valence-electron chi connectivity index (χ2n) is 11.9. The number of para-hydroxylation sites is 1. The number of phenolic OH excluding ortho intramolecular Hbond substituents is 1. The number of hydrogen-bond donors (Lipinski definition) is 3. The molecule has 0 atom stereocenters. The molecule has 6 rings (SSSR count). The third kappa shape index (κ3) is 14.3. The van der Waals surface area contributed by atoms with Crippen molar-refractivity contribution in [3.05, 3.63) is 84.1 Å². The Morgan fingerprint density at radius 2 is 1.23 bits per heavy atom. The molecule has 0 aliphatic rings. The summed E-state index contributed by atoms with van der Waals surface area (Å²) in [5.41, 5.74) is -2.59. The third-order valence-corrected chi connectivity index (χ3v) is 12.9. The zero-order chi connectivity index (χ0) is 44.0. The van der Waals surface area contributed by atoms with Crippen molar-refractivity contribution in [2.75, 3.05) is 23.0 Å². The summed E-state index contributed by atoms with van der Waals surface area (Å²) in [5.74, 6) is -3.31. The van der Waals surface area contributed by atoms with Crippen molar-refractivity contribution in [2.45, 2.75) is 19.6 Å². The number of nitrogens with zero attached hydrogens (tertiary/aromatic N) is 5. The van der Waals surface area contributed by atoms with Crippen LogP contribution in [0.1, 0.15) is 0 Å². The minimum atomic E-state index is -5.65. The molecule has 23 nitrogen and oxygen atoms in total. The molecule has 316 valence electrons. The van der Waals surface area contributed by atoms with Crippen molar-refractivity contribution in [1.29, 1.82) is 0 Å². The van der Waals surface area contributed by atoms with Gasteiger partial charge in [0, 0.05) is 10.8 Å². The van der Waals surface area contributed by atoms with E-state index in [0.717, 1.165) is 12.1 Å². The summed E-state index contributed by atoms with van der Waals surface area (Å²) in [6, 6.07) is 14.9. The van der Waals surface area contributed by atoms with E-state index >= 15 is 0 Å². The van der Waals surface area contributed by atoms with Gasteiger partial charge in [-0.05, 0) is 58.8 Å². The molecule has 0 unspecified atom stereocenters. The van der Waals surface area contributed by atoms with E-state index in [-0.39, 0.29) is 135 Å².